The Hall–Kier alpha value is -1.82. The van der Waals surface area contributed by atoms with Crippen LogP contribution in [0.3, 0.4) is 0 Å². The summed E-state index contributed by atoms with van der Waals surface area (Å²) in [4.78, 5) is 10.3. The smallest absolute Gasteiger partial charge is 0.165 e. The maximum atomic E-state index is 12.9. The zero-order valence-electron chi connectivity index (χ0n) is 6.79. The van der Waals surface area contributed by atoms with Crippen LogP contribution in [0.1, 0.15) is 10.4 Å². The summed E-state index contributed by atoms with van der Waals surface area (Å²) < 4.78 is 17.8. The number of carbonyl (C=O) groups excluding carboxylic acids is 1. The Balaban J connectivity index is 2.91. The molecule has 13 heavy (non-hydrogen) atoms. The molecule has 66 valence electrons. The van der Waals surface area contributed by atoms with Crippen LogP contribution in [0.25, 0.3) is 0 Å². The van der Waals surface area contributed by atoms with Crippen LogP contribution >= 0.6 is 0 Å². The van der Waals surface area contributed by atoms with Gasteiger partial charge in [0.2, 0.25) is 0 Å². The Bertz CT molecular complexity index is 352. The van der Waals surface area contributed by atoms with E-state index in [2.05, 4.69) is 5.92 Å². The number of aldehydes is 1. The molecule has 1 rings (SSSR count). The number of rotatable bonds is 3. The molecule has 0 heterocycles. The molecular formula is C10H7FO2. The highest BCUT2D eigenvalue weighted by atomic mass is 19.1. The molecule has 2 nitrogen and oxygen atoms in total. The highest BCUT2D eigenvalue weighted by molar-refractivity contribution is 5.75. The maximum absolute atomic E-state index is 12.9. The monoisotopic (exact) mass is 178 g/mol. The highest BCUT2D eigenvalue weighted by Gasteiger charge is 2.03. The van der Waals surface area contributed by atoms with Crippen molar-refractivity contribution in [3.8, 4) is 18.1 Å². The molecule has 1 aromatic rings. The molecule has 0 unspecified atom stereocenters. The minimum atomic E-state index is -0.527. The largest absolute Gasteiger partial charge is 0.478 e. The zero-order valence-corrected chi connectivity index (χ0v) is 6.79. The summed E-state index contributed by atoms with van der Waals surface area (Å²) in [5.41, 5.74) is 0.355. The van der Waals surface area contributed by atoms with Gasteiger partial charge in [0.15, 0.2) is 11.6 Å². The van der Waals surface area contributed by atoms with Crippen molar-refractivity contribution in [2.45, 2.75) is 0 Å². The minimum absolute atomic E-state index is 0.00236. The third kappa shape index (κ3) is 2.31. The molecule has 0 aromatic heterocycles. The van der Waals surface area contributed by atoms with Crippen molar-refractivity contribution in [1.29, 1.82) is 0 Å². The van der Waals surface area contributed by atoms with Crippen LogP contribution in [0.2, 0.25) is 0 Å². The van der Waals surface area contributed by atoms with Crippen molar-refractivity contribution < 1.29 is 13.9 Å². The molecule has 0 N–H and O–H groups in total. The topological polar surface area (TPSA) is 26.3 Å². The van der Waals surface area contributed by atoms with E-state index in [0.717, 1.165) is 6.07 Å². The van der Waals surface area contributed by atoms with Gasteiger partial charge in [-0.3, -0.25) is 4.79 Å². The highest BCUT2D eigenvalue weighted by Crippen LogP contribution is 2.17. The van der Waals surface area contributed by atoms with Crippen LogP contribution < -0.4 is 4.74 Å². The van der Waals surface area contributed by atoms with Crippen LogP contribution in [0.4, 0.5) is 4.39 Å². The lowest BCUT2D eigenvalue weighted by Crippen LogP contribution is -1.97. The number of benzene rings is 1. The van der Waals surface area contributed by atoms with Gasteiger partial charge in [-0.25, -0.2) is 4.39 Å². The number of hydrogen-bond acceptors (Lipinski definition) is 2. The summed E-state index contributed by atoms with van der Waals surface area (Å²) in [6.45, 7) is -0.0147. The molecular weight excluding hydrogens is 171 g/mol. The zero-order chi connectivity index (χ0) is 9.68. The molecule has 0 saturated carbocycles. The van der Waals surface area contributed by atoms with Gasteiger partial charge >= 0.3 is 0 Å². The van der Waals surface area contributed by atoms with E-state index in [9.17, 15) is 9.18 Å². The molecule has 0 bridgehead atoms. The average molecular weight is 178 g/mol. The second kappa shape index (κ2) is 4.27. The number of hydrogen-bond donors (Lipinski definition) is 0. The normalized spacial score (nSPS) is 8.92. The Labute approximate surface area is 75.3 Å². The van der Waals surface area contributed by atoms with Gasteiger partial charge in [-0.05, 0) is 18.2 Å². The molecule has 0 aliphatic heterocycles. The third-order valence-corrected chi connectivity index (χ3v) is 1.40. The van der Waals surface area contributed by atoms with E-state index in [0.29, 0.717) is 11.8 Å². The Morgan fingerprint density at radius 1 is 1.62 bits per heavy atom. The van der Waals surface area contributed by atoms with Crippen molar-refractivity contribution >= 4 is 6.29 Å². The van der Waals surface area contributed by atoms with E-state index in [-0.39, 0.29) is 12.4 Å². The average Bonchev–Trinajstić information content (AvgIpc) is 2.17. The number of carbonyl (C=O) groups is 1. The van der Waals surface area contributed by atoms with Crippen molar-refractivity contribution in [1.82, 2.24) is 0 Å². The van der Waals surface area contributed by atoms with Crippen LogP contribution in [0, 0.1) is 18.2 Å². The number of terminal acetylenes is 1. The van der Waals surface area contributed by atoms with Gasteiger partial charge in [0, 0.05) is 5.56 Å². The Kier molecular flexibility index (Phi) is 3.04. The summed E-state index contributed by atoms with van der Waals surface area (Å²) in [6, 6.07) is 3.83. The Morgan fingerprint density at radius 3 is 3.00 bits per heavy atom. The fourth-order valence-electron chi connectivity index (χ4n) is 0.823. The lowest BCUT2D eigenvalue weighted by Gasteiger charge is -2.03. The molecule has 0 aliphatic rings. The molecule has 0 spiro atoms. The van der Waals surface area contributed by atoms with Crippen LogP contribution in [-0.4, -0.2) is 12.9 Å². The second-order valence-electron chi connectivity index (χ2n) is 2.30. The first-order valence-electron chi connectivity index (χ1n) is 3.59. The molecule has 0 amide bonds. The van der Waals surface area contributed by atoms with Crippen LogP contribution in [0.15, 0.2) is 18.2 Å². The summed E-state index contributed by atoms with van der Waals surface area (Å²) in [6.07, 6.45) is 5.54. The summed E-state index contributed by atoms with van der Waals surface area (Å²) in [7, 11) is 0. The van der Waals surface area contributed by atoms with Gasteiger partial charge in [-0.1, -0.05) is 5.92 Å². The molecule has 0 saturated heterocycles. The summed E-state index contributed by atoms with van der Waals surface area (Å²) in [5.74, 6) is 1.68. The lowest BCUT2D eigenvalue weighted by molar-refractivity contribution is 0.112. The lowest BCUT2D eigenvalue weighted by atomic mass is 10.2. The predicted molar refractivity (Wildman–Crippen MR) is 46.1 cm³/mol. The predicted octanol–water partition coefficient (Wildman–Crippen LogP) is 1.65. The SMILES string of the molecule is C#CCOc1cc(C=O)ccc1F. The molecule has 0 radical (unpaired) electrons. The van der Waals surface area contributed by atoms with Gasteiger partial charge in [-0.2, -0.15) is 0 Å². The molecule has 0 atom stereocenters. The fraction of sp³-hybridized carbons (Fsp3) is 0.100. The summed E-state index contributed by atoms with van der Waals surface area (Å²) >= 11 is 0. The van der Waals surface area contributed by atoms with E-state index >= 15 is 0 Å². The van der Waals surface area contributed by atoms with Gasteiger partial charge in [0.25, 0.3) is 0 Å². The van der Waals surface area contributed by atoms with Gasteiger partial charge in [-0.15, -0.1) is 6.42 Å². The fourth-order valence-corrected chi connectivity index (χ4v) is 0.823. The second-order valence-corrected chi connectivity index (χ2v) is 2.30. The van der Waals surface area contributed by atoms with Crippen LogP contribution in [-0.2, 0) is 0 Å². The number of ether oxygens (including phenoxy) is 1. The van der Waals surface area contributed by atoms with Crippen molar-refractivity contribution in [3.05, 3.63) is 29.6 Å². The summed E-state index contributed by atoms with van der Waals surface area (Å²) in [5, 5.41) is 0. The van der Waals surface area contributed by atoms with E-state index in [1.165, 1.54) is 12.1 Å². The van der Waals surface area contributed by atoms with Crippen molar-refractivity contribution in [3.63, 3.8) is 0 Å². The maximum Gasteiger partial charge on any atom is 0.165 e. The van der Waals surface area contributed by atoms with E-state index in [1.807, 2.05) is 0 Å². The van der Waals surface area contributed by atoms with Gasteiger partial charge in [0.05, 0.1) is 0 Å². The van der Waals surface area contributed by atoms with E-state index < -0.39 is 5.82 Å². The first-order valence-corrected chi connectivity index (χ1v) is 3.59. The molecule has 1 aromatic carbocycles. The Morgan fingerprint density at radius 2 is 2.38 bits per heavy atom. The van der Waals surface area contributed by atoms with Gasteiger partial charge in [0.1, 0.15) is 12.9 Å². The standard InChI is InChI=1S/C10H7FO2/c1-2-5-13-10-6-8(7-12)3-4-9(10)11/h1,3-4,6-7H,5H2. The van der Waals surface area contributed by atoms with E-state index in [1.54, 1.807) is 0 Å². The first kappa shape index (κ1) is 9.27. The molecule has 3 heteroatoms. The van der Waals surface area contributed by atoms with Crippen LogP contribution in [0.5, 0.6) is 5.75 Å². The molecule has 0 aliphatic carbocycles. The third-order valence-electron chi connectivity index (χ3n) is 1.40. The molecule has 0 fully saturated rings. The van der Waals surface area contributed by atoms with Crippen molar-refractivity contribution in [2.75, 3.05) is 6.61 Å². The van der Waals surface area contributed by atoms with Crippen molar-refractivity contribution in [2.24, 2.45) is 0 Å². The minimum Gasteiger partial charge on any atom is -0.478 e. The quantitative estimate of drug-likeness (QED) is 0.519. The first-order chi connectivity index (χ1) is 6.27. The van der Waals surface area contributed by atoms with Gasteiger partial charge < -0.3 is 4.74 Å². The number of halogens is 1. The van der Waals surface area contributed by atoms with E-state index in [4.69, 9.17) is 11.2 Å².